The molecule has 2 rings (SSSR count). The highest BCUT2D eigenvalue weighted by Crippen LogP contribution is 2.26. The van der Waals surface area contributed by atoms with E-state index in [1.807, 2.05) is 32.0 Å². The van der Waals surface area contributed by atoms with E-state index >= 15 is 0 Å². The number of nitrogens with one attached hydrogen (secondary N) is 2. The Hall–Kier alpha value is -1.77. The number of carbonyl (C=O) groups excluding carboxylic acids is 1. The van der Waals surface area contributed by atoms with Crippen molar-refractivity contribution in [3.05, 3.63) is 35.5 Å². The summed E-state index contributed by atoms with van der Waals surface area (Å²) in [5.74, 6) is -0.0839. The van der Waals surface area contributed by atoms with Crippen LogP contribution in [0.5, 0.6) is 0 Å². The standard InChI is InChI=1S/C11H12N2O/c1-7-3-4-9-10(5-7)13-11(14)6-8(2)12-9/h3-6,12H,1-2H3,(H,13,14). The summed E-state index contributed by atoms with van der Waals surface area (Å²) in [4.78, 5) is 11.3. The Morgan fingerprint density at radius 1 is 1.07 bits per heavy atom. The Morgan fingerprint density at radius 2 is 1.86 bits per heavy atom. The van der Waals surface area contributed by atoms with Crippen LogP contribution in [0.25, 0.3) is 0 Å². The molecule has 0 unspecified atom stereocenters. The van der Waals surface area contributed by atoms with Crippen molar-refractivity contribution in [1.29, 1.82) is 0 Å². The van der Waals surface area contributed by atoms with Gasteiger partial charge in [-0.1, -0.05) is 6.07 Å². The average molecular weight is 188 g/mol. The summed E-state index contributed by atoms with van der Waals surface area (Å²) in [6.07, 6.45) is 1.55. The molecule has 0 bridgehead atoms. The minimum absolute atomic E-state index is 0.0839. The van der Waals surface area contributed by atoms with Crippen LogP contribution in [0.2, 0.25) is 0 Å². The van der Waals surface area contributed by atoms with Crippen LogP contribution in [0.4, 0.5) is 11.4 Å². The van der Waals surface area contributed by atoms with Crippen LogP contribution >= 0.6 is 0 Å². The minimum Gasteiger partial charge on any atom is -0.357 e. The number of carbonyl (C=O) groups is 1. The summed E-state index contributed by atoms with van der Waals surface area (Å²) in [6, 6.07) is 5.93. The van der Waals surface area contributed by atoms with Gasteiger partial charge < -0.3 is 10.6 Å². The number of allylic oxidation sites excluding steroid dienone is 1. The number of aryl methyl sites for hydroxylation is 1. The maximum Gasteiger partial charge on any atom is 0.250 e. The second kappa shape index (κ2) is 3.18. The molecule has 1 aromatic rings. The highest BCUT2D eigenvalue weighted by atomic mass is 16.1. The molecule has 0 saturated carbocycles. The van der Waals surface area contributed by atoms with Crippen LogP contribution in [-0.4, -0.2) is 5.91 Å². The molecule has 1 aliphatic heterocycles. The van der Waals surface area contributed by atoms with Crippen molar-refractivity contribution in [2.45, 2.75) is 13.8 Å². The summed E-state index contributed by atoms with van der Waals surface area (Å²) >= 11 is 0. The molecular weight excluding hydrogens is 176 g/mol. The molecule has 1 heterocycles. The molecule has 2 N–H and O–H groups in total. The van der Waals surface area contributed by atoms with Crippen molar-refractivity contribution in [3.63, 3.8) is 0 Å². The Morgan fingerprint density at radius 3 is 2.64 bits per heavy atom. The minimum atomic E-state index is -0.0839. The second-order valence-electron chi connectivity index (χ2n) is 3.49. The number of rotatable bonds is 0. The first-order valence-corrected chi connectivity index (χ1v) is 4.52. The number of hydrogen-bond donors (Lipinski definition) is 2. The van der Waals surface area contributed by atoms with Crippen LogP contribution in [-0.2, 0) is 4.79 Å². The molecule has 3 nitrogen and oxygen atoms in total. The van der Waals surface area contributed by atoms with Gasteiger partial charge in [0.05, 0.1) is 11.4 Å². The van der Waals surface area contributed by atoms with Crippen LogP contribution in [0.15, 0.2) is 30.0 Å². The van der Waals surface area contributed by atoms with Gasteiger partial charge in [0.2, 0.25) is 5.91 Å². The molecule has 1 amide bonds. The van der Waals surface area contributed by atoms with E-state index in [2.05, 4.69) is 10.6 Å². The quantitative estimate of drug-likeness (QED) is 0.655. The molecule has 0 radical (unpaired) electrons. The van der Waals surface area contributed by atoms with Gasteiger partial charge in [0.1, 0.15) is 0 Å². The summed E-state index contributed by atoms with van der Waals surface area (Å²) in [6.45, 7) is 3.87. The predicted molar refractivity (Wildman–Crippen MR) is 57.2 cm³/mol. The molecule has 0 spiro atoms. The third kappa shape index (κ3) is 1.62. The molecule has 3 heteroatoms. The van der Waals surface area contributed by atoms with E-state index < -0.39 is 0 Å². The summed E-state index contributed by atoms with van der Waals surface area (Å²) in [7, 11) is 0. The fraction of sp³-hybridized carbons (Fsp3) is 0.182. The fourth-order valence-electron chi connectivity index (χ4n) is 1.48. The van der Waals surface area contributed by atoms with E-state index in [0.29, 0.717) is 0 Å². The van der Waals surface area contributed by atoms with E-state index in [9.17, 15) is 4.79 Å². The largest absolute Gasteiger partial charge is 0.357 e. The zero-order valence-corrected chi connectivity index (χ0v) is 8.22. The maximum atomic E-state index is 11.3. The van der Waals surface area contributed by atoms with Gasteiger partial charge in [-0.25, -0.2) is 0 Å². The van der Waals surface area contributed by atoms with Gasteiger partial charge in [-0.3, -0.25) is 4.79 Å². The Bertz CT molecular complexity index is 421. The molecule has 72 valence electrons. The van der Waals surface area contributed by atoms with Gasteiger partial charge in [0, 0.05) is 11.8 Å². The molecule has 0 aromatic heterocycles. The second-order valence-corrected chi connectivity index (χ2v) is 3.49. The highest BCUT2D eigenvalue weighted by Gasteiger charge is 2.10. The molecular formula is C11H12N2O. The lowest BCUT2D eigenvalue weighted by Gasteiger charge is -2.09. The zero-order chi connectivity index (χ0) is 10.1. The van der Waals surface area contributed by atoms with E-state index in [-0.39, 0.29) is 5.91 Å². The molecule has 0 saturated heterocycles. The normalized spacial score (nSPS) is 14.7. The first-order chi connectivity index (χ1) is 6.65. The van der Waals surface area contributed by atoms with Crippen molar-refractivity contribution in [2.24, 2.45) is 0 Å². The van der Waals surface area contributed by atoms with Gasteiger partial charge in [0.15, 0.2) is 0 Å². The highest BCUT2D eigenvalue weighted by molar-refractivity contribution is 6.03. The van der Waals surface area contributed by atoms with E-state index in [4.69, 9.17) is 0 Å². The number of amides is 1. The van der Waals surface area contributed by atoms with E-state index in [1.54, 1.807) is 6.08 Å². The first kappa shape index (κ1) is 8.81. The van der Waals surface area contributed by atoms with Crippen LogP contribution in [0.1, 0.15) is 12.5 Å². The third-order valence-corrected chi connectivity index (χ3v) is 2.11. The van der Waals surface area contributed by atoms with Gasteiger partial charge in [-0.05, 0) is 31.5 Å². The Kier molecular flexibility index (Phi) is 2.00. The fourth-order valence-corrected chi connectivity index (χ4v) is 1.48. The van der Waals surface area contributed by atoms with Crippen LogP contribution in [0, 0.1) is 6.92 Å². The molecule has 0 fully saturated rings. The molecule has 14 heavy (non-hydrogen) atoms. The third-order valence-electron chi connectivity index (χ3n) is 2.11. The zero-order valence-electron chi connectivity index (χ0n) is 8.22. The van der Waals surface area contributed by atoms with Crippen molar-refractivity contribution in [3.8, 4) is 0 Å². The van der Waals surface area contributed by atoms with E-state index in [1.165, 1.54) is 0 Å². The van der Waals surface area contributed by atoms with Gasteiger partial charge in [0.25, 0.3) is 0 Å². The molecule has 1 aliphatic rings. The van der Waals surface area contributed by atoms with Crippen LogP contribution < -0.4 is 10.6 Å². The predicted octanol–water partition coefficient (Wildman–Crippen LogP) is 2.26. The number of fused-ring (bicyclic) bond motifs is 1. The van der Waals surface area contributed by atoms with Crippen molar-refractivity contribution < 1.29 is 4.79 Å². The number of benzene rings is 1. The van der Waals surface area contributed by atoms with E-state index in [0.717, 1.165) is 22.6 Å². The average Bonchev–Trinajstić information content (AvgIpc) is 2.21. The lowest BCUT2D eigenvalue weighted by molar-refractivity contribution is -0.111. The monoisotopic (exact) mass is 188 g/mol. The van der Waals surface area contributed by atoms with Gasteiger partial charge in [-0.2, -0.15) is 0 Å². The lowest BCUT2D eigenvalue weighted by atomic mass is 10.2. The number of hydrogen-bond acceptors (Lipinski definition) is 2. The van der Waals surface area contributed by atoms with Crippen molar-refractivity contribution >= 4 is 17.3 Å². The summed E-state index contributed by atoms with van der Waals surface area (Å²) in [5, 5.41) is 5.97. The van der Waals surface area contributed by atoms with Crippen LogP contribution in [0.3, 0.4) is 0 Å². The van der Waals surface area contributed by atoms with Gasteiger partial charge in [-0.15, -0.1) is 0 Å². The first-order valence-electron chi connectivity index (χ1n) is 4.52. The summed E-state index contributed by atoms with van der Waals surface area (Å²) < 4.78 is 0. The molecule has 0 aliphatic carbocycles. The van der Waals surface area contributed by atoms with Crippen molar-refractivity contribution in [2.75, 3.05) is 10.6 Å². The topological polar surface area (TPSA) is 41.1 Å². The molecule has 0 atom stereocenters. The van der Waals surface area contributed by atoms with Crippen molar-refractivity contribution in [1.82, 2.24) is 0 Å². The maximum absolute atomic E-state index is 11.3. The smallest absolute Gasteiger partial charge is 0.250 e. The Balaban J connectivity index is 2.48. The van der Waals surface area contributed by atoms with Gasteiger partial charge >= 0.3 is 0 Å². The number of anilines is 2. The summed E-state index contributed by atoms with van der Waals surface area (Å²) in [5.41, 5.74) is 3.76. The Labute approximate surface area is 82.8 Å². The molecule has 1 aromatic carbocycles. The SMILES string of the molecule is CC1=CC(=O)Nc2cc(C)ccc2N1. The lowest BCUT2D eigenvalue weighted by Crippen LogP contribution is -2.06.